The Balaban J connectivity index is 1.42. The second-order valence-corrected chi connectivity index (χ2v) is 9.28. The fourth-order valence-electron chi connectivity index (χ4n) is 6.99. The number of esters is 1. The summed E-state index contributed by atoms with van der Waals surface area (Å²) in [6.45, 7) is 2.39. The summed E-state index contributed by atoms with van der Waals surface area (Å²) in [5.74, 6) is 1.19. The molecule has 4 aliphatic carbocycles. The zero-order chi connectivity index (χ0) is 19.4. The Morgan fingerprint density at radius 3 is 2.93 bits per heavy atom. The van der Waals surface area contributed by atoms with E-state index in [0.29, 0.717) is 17.8 Å². The summed E-state index contributed by atoms with van der Waals surface area (Å²) in [5, 5.41) is 0. The number of fused-ring (bicyclic) bond motifs is 5. The number of hydrogen-bond acceptors (Lipinski definition) is 4. The molecule has 0 aromatic carbocycles. The second kappa shape index (κ2) is 6.47. The zero-order valence-corrected chi connectivity index (χ0v) is 16.4. The average molecular weight is 380 g/mol. The van der Waals surface area contributed by atoms with Crippen LogP contribution in [0.15, 0.2) is 46.6 Å². The Kier molecular flexibility index (Phi) is 4.15. The molecular weight excluding hydrogens is 352 g/mol. The average Bonchev–Trinajstić information content (AvgIpc) is 3.36. The van der Waals surface area contributed by atoms with Crippen molar-refractivity contribution in [1.29, 1.82) is 0 Å². The number of hydrogen-bond donors (Lipinski definition) is 0. The quantitative estimate of drug-likeness (QED) is 0.415. The van der Waals surface area contributed by atoms with Gasteiger partial charge in [-0.1, -0.05) is 30.7 Å². The molecule has 0 bridgehead atoms. The molecule has 0 aliphatic heterocycles. The Morgan fingerprint density at radius 1 is 1.25 bits per heavy atom. The molecule has 148 valence electrons. The van der Waals surface area contributed by atoms with Crippen molar-refractivity contribution in [3.05, 3.63) is 48.0 Å². The molecule has 3 fully saturated rings. The molecule has 0 saturated heterocycles. The van der Waals surface area contributed by atoms with Crippen LogP contribution in [0.3, 0.4) is 0 Å². The first-order valence-corrected chi connectivity index (χ1v) is 10.7. The van der Waals surface area contributed by atoms with Crippen molar-refractivity contribution >= 4 is 12.3 Å². The van der Waals surface area contributed by atoms with Crippen LogP contribution in [0.2, 0.25) is 0 Å². The van der Waals surface area contributed by atoms with E-state index in [1.54, 1.807) is 17.7 Å². The van der Waals surface area contributed by atoms with E-state index >= 15 is 0 Å². The van der Waals surface area contributed by atoms with Crippen molar-refractivity contribution in [2.24, 2.45) is 28.6 Å². The van der Waals surface area contributed by atoms with Gasteiger partial charge in [0.15, 0.2) is 0 Å². The van der Waals surface area contributed by atoms with Crippen LogP contribution in [0, 0.1) is 28.6 Å². The summed E-state index contributed by atoms with van der Waals surface area (Å²) < 4.78 is 11.0. The molecule has 0 radical (unpaired) electrons. The monoisotopic (exact) mass is 380 g/mol. The summed E-state index contributed by atoms with van der Waals surface area (Å²) in [5.41, 5.74) is 1.20. The van der Waals surface area contributed by atoms with Gasteiger partial charge in [0.25, 0.3) is 0 Å². The molecule has 4 nitrogen and oxygen atoms in total. The van der Waals surface area contributed by atoms with E-state index in [9.17, 15) is 9.59 Å². The SMILES string of the molecule is C[C@]12C=CCC=C1CC[C@@H]1[C@@H]2CC[C@]2(C=O)C(OC(=O)c3ccco3)CC[C@@H]12. The molecule has 0 amide bonds. The van der Waals surface area contributed by atoms with Crippen molar-refractivity contribution in [2.45, 2.75) is 58.0 Å². The Labute approximate surface area is 166 Å². The molecule has 1 heterocycles. The molecule has 0 spiro atoms. The van der Waals surface area contributed by atoms with Gasteiger partial charge in [-0.2, -0.15) is 0 Å². The number of ether oxygens (including phenoxy) is 1. The minimum atomic E-state index is -0.528. The fraction of sp³-hybridized carbons (Fsp3) is 0.583. The molecule has 1 aromatic rings. The molecule has 1 unspecified atom stereocenters. The van der Waals surface area contributed by atoms with E-state index in [-0.39, 0.29) is 17.3 Å². The second-order valence-electron chi connectivity index (χ2n) is 9.28. The summed E-state index contributed by atoms with van der Waals surface area (Å²) in [7, 11) is 0. The lowest BCUT2D eigenvalue weighted by Crippen LogP contribution is -2.52. The molecule has 5 rings (SSSR count). The van der Waals surface area contributed by atoms with E-state index in [2.05, 4.69) is 25.2 Å². The van der Waals surface area contributed by atoms with Crippen molar-refractivity contribution in [2.75, 3.05) is 0 Å². The van der Waals surface area contributed by atoms with E-state index in [4.69, 9.17) is 9.15 Å². The van der Waals surface area contributed by atoms with Crippen LogP contribution < -0.4 is 0 Å². The van der Waals surface area contributed by atoms with Gasteiger partial charge in [-0.15, -0.1) is 0 Å². The van der Waals surface area contributed by atoms with E-state index in [0.717, 1.165) is 51.2 Å². The highest BCUT2D eigenvalue weighted by Crippen LogP contribution is 2.64. The third-order valence-electron chi connectivity index (χ3n) is 8.32. The Hall–Kier alpha value is -2.10. The van der Waals surface area contributed by atoms with Crippen LogP contribution in [0.4, 0.5) is 0 Å². The summed E-state index contributed by atoms with van der Waals surface area (Å²) in [6.07, 6.45) is 16.3. The first-order chi connectivity index (χ1) is 13.6. The van der Waals surface area contributed by atoms with Gasteiger partial charge in [0.1, 0.15) is 12.4 Å². The number of carbonyl (C=O) groups is 2. The molecule has 4 heteroatoms. The van der Waals surface area contributed by atoms with Crippen LogP contribution in [0.1, 0.15) is 62.4 Å². The van der Waals surface area contributed by atoms with E-state index < -0.39 is 11.4 Å². The maximum atomic E-state index is 12.5. The smallest absolute Gasteiger partial charge is 0.374 e. The molecule has 0 N–H and O–H groups in total. The number of aldehydes is 1. The zero-order valence-electron chi connectivity index (χ0n) is 16.4. The summed E-state index contributed by atoms with van der Waals surface area (Å²) in [6, 6.07) is 3.30. The topological polar surface area (TPSA) is 56.5 Å². The predicted octanol–water partition coefficient (Wildman–Crippen LogP) is 5.11. The number of allylic oxidation sites excluding steroid dienone is 4. The van der Waals surface area contributed by atoms with Crippen molar-refractivity contribution in [3.63, 3.8) is 0 Å². The fourth-order valence-corrected chi connectivity index (χ4v) is 6.99. The van der Waals surface area contributed by atoms with Gasteiger partial charge < -0.3 is 13.9 Å². The van der Waals surface area contributed by atoms with Gasteiger partial charge in [0.2, 0.25) is 5.76 Å². The van der Waals surface area contributed by atoms with Gasteiger partial charge >= 0.3 is 5.97 Å². The van der Waals surface area contributed by atoms with Crippen LogP contribution in [-0.2, 0) is 9.53 Å². The molecular formula is C24H28O4. The number of rotatable bonds is 3. The van der Waals surface area contributed by atoms with Gasteiger partial charge in [-0.05, 0) is 74.8 Å². The minimum absolute atomic E-state index is 0.138. The molecule has 28 heavy (non-hydrogen) atoms. The van der Waals surface area contributed by atoms with E-state index in [1.165, 1.54) is 6.26 Å². The highest BCUT2D eigenvalue weighted by atomic mass is 16.6. The van der Waals surface area contributed by atoms with Gasteiger partial charge in [0.05, 0.1) is 11.7 Å². The molecule has 1 aromatic heterocycles. The first-order valence-electron chi connectivity index (χ1n) is 10.7. The van der Waals surface area contributed by atoms with Crippen LogP contribution in [0.25, 0.3) is 0 Å². The lowest BCUT2D eigenvalue weighted by molar-refractivity contribution is -0.135. The highest BCUT2D eigenvalue weighted by Gasteiger charge is 2.61. The Morgan fingerprint density at radius 2 is 2.14 bits per heavy atom. The van der Waals surface area contributed by atoms with Crippen LogP contribution >= 0.6 is 0 Å². The molecule has 6 atom stereocenters. The van der Waals surface area contributed by atoms with Crippen molar-refractivity contribution < 1.29 is 18.7 Å². The third-order valence-corrected chi connectivity index (χ3v) is 8.32. The first kappa shape index (κ1) is 18.0. The maximum absolute atomic E-state index is 12.5. The number of furan rings is 1. The van der Waals surface area contributed by atoms with E-state index in [1.807, 2.05) is 0 Å². The van der Waals surface area contributed by atoms with Crippen molar-refractivity contribution in [3.8, 4) is 0 Å². The highest BCUT2D eigenvalue weighted by molar-refractivity contribution is 5.86. The lowest BCUT2D eigenvalue weighted by Gasteiger charge is -2.56. The van der Waals surface area contributed by atoms with Crippen LogP contribution in [-0.4, -0.2) is 18.4 Å². The maximum Gasteiger partial charge on any atom is 0.374 e. The standard InChI is InChI=1S/C24H28O4/c1-23-12-3-2-5-16(23)7-8-17-18(23)11-13-24(15-25)19(17)9-10-21(24)28-22(26)20-6-4-14-27-20/h3-6,12,14-15,17-19,21H,2,7-11,13H2,1H3/t17-,18+,19+,21?,23+,24-/m1/s1. The van der Waals surface area contributed by atoms with Crippen LogP contribution in [0.5, 0.6) is 0 Å². The Bertz CT molecular complexity index is 835. The molecule has 3 saturated carbocycles. The lowest BCUT2D eigenvalue weighted by atomic mass is 9.48. The summed E-state index contributed by atoms with van der Waals surface area (Å²) >= 11 is 0. The van der Waals surface area contributed by atoms with Crippen molar-refractivity contribution in [1.82, 2.24) is 0 Å². The normalized spacial score (nSPS) is 41.4. The van der Waals surface area contributed by atoms with Gasteiger partial charge in [0, 0.05) is 5.41 Å². The number of carbonyl (C=O) groups excluding carboxylic acids is 2. The van der Waals surface area contributed by atoms with Gasteiger partial charge in [-0.3, -0.25) is 0 Å². The predicted molar refractivity (Wildman–Crippen MR) is 105 cm³/mol. The van der Waals surface area contributed by atoms with Gasteiger partial charge in [-0.25, -0.2) is 4.79 Å². The third kappa shape index (κ3) is 2.42. The minimum Gasteiger partial charge on any atom is -0.457 e. The summed E-state index contributed by atoms with van der Waals surface area (Å²) in [4.78, 5) is 24.9. The molecule has 4 aliphatic rings. The largest absolute Gasteiger partial charge is 0.457 e.